The second-order valence-electron chi connectivity index (χ2n) is 5.70. The summed E-state index contributed by atoms with van der Waals surface area (Å²) in [4.78, 5) is 23.7. The molecule has 0 saturated heterocycles. The van der Waals surface area contributed by atoms with Crippen molar-refractivity contribution in [1.82, 2.24) is 5.32 Å². The van der Waals surface area contributed by atoms with Crippen LogP contribution in [-0.2, 0) is 20.4 Å². The van der Waals surface area contributed by atoms with Crippen LogP contribution in [0.5, 0.6) is 0 Å². The fraction of sp³-hybridized carbons (Fsp3) is 0.500. The molecule has 0 aliphatic carbocycles. The molecule has 0 fully saturated rings. The molecule has 23 heavy (non-hydrogen) atoms. The predicted molar refractivity (Wildman–Crippen MR) is 87.4 cm³/mol. The van der Waals surface area contributed by atoms with Crippen molar-refractivity contribution >= 4 is 22.7 Å². The van der Waals surface area contributed by atoms with E-state index in [1.54, 1.807) is 30.3 Å². The number of aliphatic carboxylic acids is 1. The van der Waals surface area contributed by atoms with Gasteiger partial charge in [-0.25, -0.2) is 4.79 Å². The zero-order valence-electron chi connectivity index (χ0n) is 13.3. The van der Waals surface area contributed by atoms with Crippen LogP contribution < -0.4 is 5.32 Å². The third kappa shape index (κ3) is 6.92. The maximum atomic E-state index is 12.1. The normalized spacial score (nSPS) is 15.0. The third-order valence-electron chi connectivity index (χ3n) is 3.21. The van der Waals surface area contributed by atoms with E-state index < -0.39 is 34.8 Å². The highest BCUT2D eigenvalue weighted by molar-refractivity contribution is 7.85. The lowest BCUT2D eigenvalue weighted by Gasteiger charge is -2.18. The zero-order valence-corrected chi connectivity index (χ0v) is 14.1. The second-order valence-corrected chi connectivity index (χ2v) is 7.27. The molecule has 0 heterocycles. The summed E-state index contributed by atoms with van der Waals surface area (Å²) in [7, 11) is -1.33. The summed E-state index contributed by atoms with van der Waals surface area (Å²) in [5.41, 5.74) is 0. The van der Waals surface area contributed by atoms with Crippen LogP contribution in [0.2, 0.25) is 0 Å². The van der Waals surface area contributed by atoms with Gasteiger partial charge in [0.25, 0.3) is 0 Å². The van der Waals surface area contributed by atoms with Gasteiger partial charge in [-0.05, 0) is 30.9 Å². The number of carboxylic acids is 1. The summed E-state index contributed by atoms with van der Waals surface area (Å²) in [5.74, 6) is -1.69. The molecule has 1 rings (SSSR count). The van der Waals surface area contributed by atoms with Gasteiger partial charge < -0.3 is 15.5 Å². The molecule has 0 radical (unpaired) electrons. The molecule has 128 valence electrons. The molecule has 1 aromatic rings. The Balaban J connectivity index is 2.57. The Hall–Kier alpha value is -1.73. The summed E-state index contributed by atoms with van der Waals surface area (Å²) in [6.07, 6.45) is -0.957. The van der Waals surface area contributed by atoms with Crippen molar-refractivity contribution in [3.8, 4) is 0 Å². The average molecular weight is 341 g/mol. The van der Waals surface area contributed by atoms with Gasteiger partial charge in [-0.15, -0.1) is 0 Å². The van der Waals surface area contributed by atoms with Gasteiger partial charge in [0, 0.05) is 10.6 Å². The van der Waals surface area contributed by atoms with E-state index in [-0.39, 0.29) is 24.5 Å². The first-order chi connectivity index (χ1) is 10.8. The number of aliphatic hydroxyl groups is 1. The minimum absolute atomic E-state index is 0.0248. The smallest absolute Gasteiger partial charge is 0.326 e. The van der Waals surface area contributed by atoms with E-state index in [2.05, 4.69) is 5.32 Å². The molecule has 0 aromatic heterocycles. The molecule has 0 saturated carbocycles. The van der Waals surface area contributed by atoms with Crippen molar-refractivity contribution in [1.29, 1.82) is 0 Å². The summed E-state index contributed by atoms with van der Waals surface area (Å²) < 4.78 is 12.1. The highest BCUT2D eigenvalue weighted by Gasteiger charge is 2.25. The molecule has 1 amide bonds. The number of benzene rings is 1. The minimum atomic E-state index is -1.33. The molecule has 1 aromatic carbocycles. The number of nitrogens with one attached hydrogen (secondary N) is 1. The van der Waals surface area contributed by atoms with Gasteiger partial charge in [-0.2, -0.15) is 0 Å². The van der Waals surface area contributed by atoms with Gasteiger partial charge in [0.15, 0.2) is 0 Å². The van der Waals surface area contributed by atoms with Gasteiger partial charge in [-0.1, -0.05) is 32.0 Å². The molecule has 0 unspecified atom stereocenters. The molecule has 0 spiro atoms. The maximum absolute atomic E-state index is 12.1. The average Bonchev–Trinajstić information content (AvgIpc) is 2.50. The molecule has 0 aliphatic rings. The van der Waals surface area contributed by atoms with E-state index in [0.717, 1.165) is 0 Å². The summed E-state index contributed by atoms with van der Waals surface area (Å²) >= 11 is 0. The van der Waals surface area contributed by atoms with Crippen LogP contribution in [-0.4, -0.2) is 44.2 Å². The third-order valence-corrected chi connectivity index (χ3v) is 4.61. The first-order valence-electron chi connectivity index (χ1n) is 7.46. The first kappa shape index (κ1) is 19.3. The van der Waals surface area contributed by atoms with Crippen LogP contribution in [0, 0.1) is 5.92 Å². The summed E-state index contributed by atoms with van der Waals surface area (Å²) in [5, 5.41) is 21.2. The van der Waals surface area contributed by atoms with Crippen LogP contribution in [0.3, 0.4) is 0 Å². The Labute approximate surface area is 138 Å². The number of rotatable bonds is 9. The molecular formula is C16H23NO5S. The van der Waals surface area contributed by atoms with Crippen LogP contribution >= 0.6 is 0 Å². The predicted octanol–water partition coefficient (Wildman–Crippen LogP) is 1.16. The largest absolute Gasteiger partial charge is 0.480 e. The number of hydrogen-bond acceptors (Lipinski definition) is 4. The van der Waals surface area contributed by atoms with E-state index in [0.29, 0.717) is 4.90 Å². The number of carbonyl (C=O) groups is 2. The quantitative estimate of drug-likeness (QED) is 0.625. The molecule has 0 bridgehead atoms. The maximum Gasteiger partial charge on any atom is 0.326 e. The fourth-order valence-corrected chi connectivity index (χ4v) is 3.14. The Morgan fingerprint density at radius 3 is 2.35 bits per heavy atom. The van der Waals surface area contributed by atoms with E-state index in [9.17, 15) is 24.0 Å². The number of carboxylic acid groups (broad SMARTS) is 1. The molecule has 6 nitrogen and oxygen atoms in total. The van der Waals surface area contributed by atoms with Gasteiger partial charge >= 0.3 is 5.97 Å². The van der Waals surface area contributed by atoms with Gasteiger partial charge in [0.05, 0.1) is 10.8 Å². The van der Waals surface area contributed by atoms with Crippen molar-refractivity contribution in [3.05, 3.63) is 30.3 Å². The summed E-state index contributed by atoms with van der Waals surface area (Å²) in [6.45, 7) is 3.71. The monoisotopic (exact) mass is 341 g/mol. The standard InChI is InChI=1S/C16H23NO5S/c1-11(2)10-14(18)15(19)17-13(16(20)21)8-9-23(22)12-6-4-3-5-7-12/h3-7,11,13-14,18H,8-10H2,1-2H3,(H,17,19)(H,20,21)/t13-,14-,23-/m0/s1. The lowest BCUT2D eigenvalue weighted by atomic mass is 10.1. The Kier molecular flexibility index (Phi) is 7.91. The Morgan fingerprint density at radius 1 is 1.22 bits per heavy atom. The molecule has 3 atom stereocenters. The SMILES string of the molecule is CC(C)C[C@H](O)C(=O)N[C@@H](CC[S@](=O)c1ccccc1)C(=O)O. The van der Waals surface area contributed by atoms with E-state index in [4.69, 9.17) is 0 Å². The number of carbonyl (C=O) groups excluding carboxylic acids is 1. The van der Waals surface area contributed by atoms with E-state index in [1.165, 1.54) is 0 Å². The summed E-state index contributed by atoms with van der Waals surface area (Å²) in [6, 6.07) is 7.56. The number of aliphatic hydroxyl groups excluding tert-OH is 1. The van der Waals surface area contributed by atoms with E-state index >= 15 is 0 Å². The Morgan fingerprint density at radius 2 is 1.83 bits per heavy atom. The van der Waals surface area contributed by atoms with Crippen LogP contribution in [0.1, 0.15) is 26.7 Å². The molecular weight excluding hydrogens is 318 g/mol. The van der Waals surface area contributed by atoms with Crippen molar-refractivity contribution in [2.24, 2.45) is 5.92 Å². The van der Waals surface area contributed by atoms with Crippen molar-refractivity contribution in [2.45, 2.75) is 43.7 Å². The van der Waals surface area contributed by atoms with Gasteiger partial charge in [-0.3, -0.25) is 9.00 Å². The van der Waals surface area contributed by atoms with Crippen molar-refractivity contribution < 1.29 is 24.0 Å². The van der Waals surface area contributed by atoms with Crippen molar-refractivity contribution in [2.75, 3.05) is 5.75 Å². The highest BCUT2D eigenvalue weighted by Crippen LogP contribution is 2.09. The molecule has 7 heteroatoms. The van der Waals surface area contributed by atoms with Gasteiger partial charge in [0.1, 0.15) is 12.1 Å². The van der Waals surface area contributed by atoms with Crippen LogP contribution in [0.15, 0.2) is 35.2 Å². The minimum Gasteiger partial charge on any atom is -0.480 e. The first-order valence-corrected chi connectivity index (χ1v) is 8.77. The number of amides is 1. The topological polar surface area (TPSA) is 104 Å². The fourth-order valence-electron chi connectivity index (χ4n) is 1.99. The zero-order chi connectivity index (χ0) is 17.4. The lowest BCUT2D eigenvalue weighted by molar-refractivity contribution is -0.143. The van der Waals surface area contributed by atoms with E-state index in [1.807, 2.05) is 13.8 Å². The van der Waals surface area contributed by atoms with Crippen molar-refractivity contribution in [3.63, 3.8) is 0 Å². The van der Waals surface area contributed by atoms with Crippen LogP contribution in [0.25, 0.3) is 0 Å². The lowest BCUT2D eigenvalue weighted by Crippen LogP contribution is -2.46. The van der Waals surface area contributed by atoms with Gasteiger partial charge in [0.2, 0.25) is 5.91 Å². The Bertz CT molecular complexity index is 547. The van der Waals surface area contributed by atoms with Crippen LogP contribution in [0.4, 0.5) is 0 Å². The second kappa shape index (κ2) is 9.42. The molecule has 3 N–H and O–H groups in total. The molecule has 0 aliphatic heterocycles. The number of hydrogen-bond donors (Lipinski definition) is 3. The highest BCUT2D eigenvalue weighted by atomic mass is 32.2.